The Kier molecular flexibility index (Phi) is 19.9. The minimum Gasteiger partial charge on any atom is -0.390 e. The standard InChI is InChI=1S/C33H59NO4S/c1-2-3-4-5-6-7-8-11-14-17-20-29(35)31-22-23-32(38-31)30(36)21-18-15-12-9-10-13-16-19-25-34-33(37)28-24-26-39-27-28/h24,26-27,29-32,35-36H,2-23,25H2,1H3,(H,34,37)/t29-,30-,31+,32+/m1/s1. The van der Waals surface area contributed by atoms with Gasteiger partial charge in [-0.3, -0.25) is 4.79 Å². The largest absolute Gasteiger partial charge is 0.390 e. The second-order valence-corrected chi connectivity index (χ2v) is 12.6. The maximum absolute atomic E-state index is 11.9. The SMILES string of the molecule is CCCCCCCCCCCC[C@@H](O)[C@@H]1CC[C@@H]([C@H](O)CCCCCCCCCCNC(=O)c2ccsc2)O1. The fraction of sp³-hybridized carbons (Fsp3) is 0.848. The zero-order chi connectivity index (χ0) is 28.0. The molecule has 0 bridgehead atoms. The Labute approximate surface area is 243 Å². The number of aliphatic hydroxyl groups is 2. The van der Waals surface area contributed by atoms with Crippen LogP contribution in [0.25, 0.3) is 0 Å². The quantitative estimate of drug-likeness (QED) is 0.104. The molecule has 1 aromatic rings. The molecule has 0 spiro atoms. The summed E-state index contributed by atoms with van der Waals surface area (Å²) in [5.74, 6) is 0.0393. The van der Waals surface area contributed by atoms with Crippen molar-refractivity contribution in [2.45, 2.75) is 173 Å². The van der Waals surface area contributed by atoms with E-state index in [-0.39, 0.29) is 24.2 Å². The van der Waals surface area contributed by atoms with Gasteiger partial charge in [0.05, 0.1) is 24.4 Å². The van der Waals surface area contributed by atoms with Gasteiger partial charge in [0.1, 0.15) is 0 Å². The molecule has 2 heterocycles. The molecule has 1 aliphatic heterocycles. The van der Waals surface area contributed by atoms with Crippen LogP contribution in [-0.2, 0) is 4.74 Å². The van der Waals surface area contributed by atoms with E-state index in [1.165, 1.54) is 83.5 Å². The van der Waals surface area contributed by atoms with Gasteiger partial charge < -0.3 is 20.3 Å². The summed E-state index contributed by atoms with van der Waals surface area (Å²) in [4.78, 5) is 11.9. The maximum atomic E-state index is 11.9. The van der Waals surface area contributed by atoms with Crippen molar-refractivity contribution in [2.75, 3.05) is 6.54 Å². The van der Waals surface area contributed by atoms with Gasteiger partial charge in [-0.15, -0.1) is 0 Å². The molecule has 0 aliphatic carbocycles. The van der Waals surface area contributed by atoms with Gasteiger partial charge in [0.25, 0.3) is 5.91 Å². The van der Waals surface area contributed by atoms with Crippen molar-refractivity contribution in [2.24, 2.45) is 0 Å². The Morgan fingerprint density at radius 1 is 0.795 bits per heavy atom. The number of amides is 1. The third-order valence-corrected chi connectivity index (χ3v) is 8.98. The predicted molar refractivity (Wildman–Crippen MR) is 165 cm³/mol. The number of aliphatic hydroxyl groups excluding tert-OH is 2. The van der Waals surface area contributed by atoms with Gasteiger partial charge in [0, 0.05) is 17.5 Å². The first kappa shape index (κ1) is 34.3. The van der Waals surface area contributed by atoms with Crippen LogP contribution >= 0.6 is 11.3 Å². The average Bonchev–Trinajstić information content (AvgIpc) is 3.66. The maximum Gasteiger partial charge on any atom is 0.252 e. The minimum absolute atomic E-state index is 0.0393. The number of carbonyl (C=O) groups excluding carboxylic acids is 1. The molecule has 1 fully saturated rings. The third kappa shape index (κ3) is 16.2. The molecule has 2 rings (SSSR count). The van der Waals surface area contributed by atoms with E-state index in [2.05, 4.69) is 12.2 Å². The lowest BCUT2D eigenvalue weighted by Gasteiger charge is -2.22. The van der Waals surface area contributed by atoms with Crippen LogP contribution in [0, 0.1) is 0 Å². The molecule has 1 aliphatic rings. The average molecular weight is 566 g/mol. The molecular formula is C33H59NO4S. The van der Waals surface area contributed by atoms with Crippen LogP contribution in [-0.4, -0.2) is 47.1 Å². The van der Waals surface area contributed by atoms with Gasteiger partial charge in [-0.25, -0.2) is 0 Å². The Balaban J connectivity index is 1.36. The molecule has 4 atom stereocenters. The van der Waals surface area contributed by atoms with Gasteiger partial charge in [-0.05, 0) is 43.6 Å². The second-order valence-electron chi connectivity index (χ2n) is 11.8. The van der Waals surface area contributed by atoms with E-state index < -0.39 is 6.10 Å². The number of ether oxygens (including phenoxy) is 1. The summed E-state index contributed by atoms with van der Waals surface area (Å²) in [7, 11) is 0. The topological polar surface area (TPSA) is 78.8 Å². The smallest absolute Gasteiger partial charge is 0.252 e. The van der Waals surface area contributed by atoms with Crippen LogP contribution < -0.4 is 5.32 Å². The first-order valence-electron chi connectivity index (χ1n) is 16.4. The summed E-state index contributed by atoms with van der Waals surface area (Å²) < 4.78 is 6.08. The summed E-state index contributed by atoms with van der Waals surface area (Å²) in [6.45, 7) is 3.02. The molecule has 5 nitrogen and oxygen atoms in total. The number of unbranched alkanes of at least 4 members (excludes halogenated alkanes) is 16. The zero-order valence-corrected chi connectivity index (χ0v) is 25.7. The van der Waals surface area contributed by atoms with Crippen molar-refractivity contribution in [1.82, 2.24) is 5.32 Å². The third-order valence-electron chi connectivity index (χ3n) is 8.29. The highest BCUT2D eigenvalue weighted by Crippen LogP contribution is 2.28. The van der Waals surface area contributed by atoms with Crippen LogP contribution in [0.4, 0.5) is 0 Å². The number of hydrogen-bond acceptors (Lipinski definition) is 5. The van der Waals surface area contributed by atoms with Crippen molar-refractivity contribution in [3.05, 3.63) is 22.4 Å². The summed E-state index contributed by atoms with van der Waals surface area (Å²) in [5, 5.41) is 28.0. The molecular weight excluding hydrogens is 506 g/mol. The Bertz CT molecular complexity index is 698. The van der Waals surface area contributed by atoms with Crippen molar-refractivity contribution < 1.29 is 19.7 Å². The highest BCUT2D eigenvalue weighted by molar-refractivity contribution is 7.08. The lowest BCUT2D eigenvalue weighted by Crippen LogP contribution is -2.31. The molecule has 6 heteroatoms. The Morgan fingerprint density at radius 3 is 1.72 bits per heavy atom. The van der Waals surface area contributed by atoms with Crippen LogP contribution in [0.5, 0.6) is 0 Å². The Hall–Kier alpha value is -0.950. The fourth-order valence-electron chi connectivity index (χ4n) is 5.70. The molecule has 39 heavy (non-hydrogen) atoms. The van der Waals surface area contributed by atoms with Gasteiger partial charge in [0.2, 0.25) is 0 Å². The highest BCUT2D eigenvalue weighted by Gasteiger charge is 2.33. The van der Waals surface area contributed by atoms with Crippen molar-refractivity contribution in [3.8, 4) is 0 Å². The highest BCUT2D eigenvalue weighted by atomic mass is 32.1. The summed E-state index contributed by atoms with van der Waals surface area (Å²) in [6.07, 6.45) is 24.8. The normalized spacial score (nSPS) is 18.8. The van der Waals surface area contributed by atoms with Gasteiger partial charge in [0.15, 0.2) is 0 Å². The van der Waals surface area contributed by atoms with Crippen molar-refractivity contribution in [1.29, 1.82) is 0 Å². The monoisotopic (exact) mass is 565 g/mol. The van der Waals surface area contributed by atoms with Gasteiger partial charge in [-0.1, -0.05) is 116 Å². The molecule has 1 aromatic heterocycles. The van der Waals surface area contributed by atoms with Crippen LogP contribution in [0.3, 0.4) is 0 Å². The van der Waals surface area contributed by atoms with Crippen LogP contribution in [0.1, 0.15) is 159 Å². The van der Waals surface area contributed by atoms with Crippen molar-refractivity contribution >= 4 is 17.2 Å². The fourth-order valence-corrected chi connectivity index (χ4v) is 6.34. The van der Waals surface area contributed by atoms with E-state index >= 15 is 0 Å². The summed E-state index contributed by atoms with van der Waals surface area (Å²) in [6, 6.07) is 1.86. The second kappa shape index (κ2) is 22.7. The Morgan fingerprint density at radius 2 is 1.26 bits per heavy atom. The van der Waals surface area contributed by atoms with E-state index in [1.54, 1.807) is 11.3 Å². The van der Waals surface area contributed by atoms with E-state index in [4.69, 9.17) is 4.74 Å². The minimum atomic E-state index is -0.399. The summed E-state index contributed by atoms with van der Waals surface area (Å²) >= 11 is 1.55. The number of rotatable bonds is 25. The first-order valence-corrected chi connectivity index (χ1v) is 17.4. The van der Waals surface area contributed by atoms with E-state index in [0.29, 0.717) is 0 Å². The van der Waals surface area contributed by atoms with Gasteiger partial charge in [-0.2, -0.15) is 11.3 Å². The first-order chi connectivity index (χ1) is 19.1. The summed E-state index contributed by atoms with van der Waals surface area (Å²) in [5.41, 5.74) is 0.765. The lowest BCUT2D eigenvalue weighted by atomic mass is 10.00. The molecule has 3 N–H and O–H groups in total. The van der Waals surface area contributed by atoms with Crippen LogP contribution in [0.15, 0.2) is 16.8 Å². The van der Waals surface area contributed by atoms with E-state index in [1.807, 2.05) is 16.8 Å². The van der Waals surface area contributed by atoms with Gasteiger partial charge >= 0.3 is 0 Å². The number of thiophene rings is 1. The van der Waals surface area contributed by atoms with E-state index in [9.17, 15) is 15.0 Å². The van der Waals surface area contributed by atoms with Crippen molar-refractivity contribution in [3.63, 3.8) is 0 Å². The zero-order valence-electron chi connectivity index (χ0n) is 24.9. The molecule has 1 amide bonds. The molecule has 0 radical (unpaired) electrons. The molecule has 0 unspecified atom stereocenters. The predicted octanol–water partition coefficient (Wildman–Crippen LogP) is 8.57. The number of carbonyl (C=O) groups is 1. The molecule has 0 aromatic carbocycles. The molecule has 1 saturated heterocycles. The number of hydrogen-bond donors (Lipinski definition) is 3. The molecule has 226 valence electrons. The van der Waals surface area contributed by atoms with Crippen LogP contribution in [0.2, 0.25) is 0 Å². The molecule has 0 saturated carbocycles. The lowest BCUT2D eigenvalue weighted by molar-refractivity contribution is -0.0786. The van der Waals surface area contributed by atoms with E-state index in [0.717, 1.165) is 69.9 Å². The number of nitrogens with one attached hydrogen (secondary N) is 1.